The van der Waals surface area contributed by atoms with Gasteiger partial charge in [-0.1, -0.05) is 0 Å². The van der Waals surface area contributed by atoms with Crippen molar-refractivity contribution >= 4 is 10.2 Å². The number of nitrogens with zero attached hydrogens (tertiary/aromatic N) is 5. The van der Waals surface area contributed by atoms with E-state index in [-0.39, 0.29) is 5.92 Å². The van der Waals surface area contributed by atoms with Gasteiger partial charge >= 0.3 is 0 Å². The lowest BCUT2D eigenvalue weighted by Crippen LogP contribution is -2.46. The average Bonchev–Trinajstić information content (AvgIpc) is 3.35. The van der Waals surface area contributed by atoms with E-state index in [1.165, 1.54) is 0 Å². The van der Waals surface area contributed by atoms with Crippen LogP contribution in [0, 0.1) is 0 Å². The molecular formula is C18H25N5O2S. The zero-order valence-electron chi connectivity index (χ0n) is 14.9. The molecule has 2 aromatic rings. The molecule has 0 N–H and O–H groups in total. The van der Waals surface area contributed by atoms with Crippen LogP contribution < -0.4 is 0 Å². The highest BCUT2D eigenvalue weighted by Crippen LogP contribution is 2.29. The fourth-order valence-corrected chi connectivity index (χ4v) is 5.72. The SMILES string of the molecule is O=S(=O)(N1CCCC1)N1CCC[C@H](c2nccn2Cc2ccncc2)C1. The van der Waals surface area contributed by atoms with E-state index in [1.807, 2.05) is 24.5 Å². The first-order valence-electron chi connectivity index (χ1n) is 9.30. The monoisotopic (exact) mass is 375 g/mol. The minimum Gasteiger partial charge on any atom is -0.330 e. The van der Waals surface area contributed by atoms with E-state index in [0.717, 1.165) is 43.6 Å². The minimum absolute atomic E-state index is 0.137. The van der Waals surface area contributed by atoms with Crippen LogP contribution in [-0.4, -0.2) is 57.7 Å². The zero-order chi connectivity index (χ0) is 18.0. The van der Waals surface area contributed by atoms with Gasteiger partial charge < -0.3 is 4.57 Å². The Morgan fingerprint density at radius 3 is 2.50 bits per heavy atom. The van der Waals surface area contributed by atoms with E-state index in [1.54, 1.807) is 21.0 Å². The second-order valence-corrected chi connectivity index (χ2v) is 9.01. The largest absolute Gasteiger partial charge is 0.330 e. The number of rotatable bonds is 5. The van der Waals surface area contributed by atoms with Gasteiger partial charge in [-0.3, -0.25) is 4.98 Å². The molecule has 0 bridgehead atoms. The summed E-state index contributed by atoms with van der Waals surface area (Å²) in [4.78, 5) is 8.62. The summed E-state index contributed by atoms with van der Waals surface area (Å²) >= 11 is 0. The highest BCUT2D eigenvalue weighted by molar-refractivity contribution is 7.86. The first kappa shape index (κ1) is 17.6. The molecule has 0 saturated carbocycles. The molecule has 2 saturated heterocycles. The molecule has 140 valence electrons. The van der Waals surface area contributed by atoms with Crippen molar-refractivity contribution < 1.29 is 8.42 Å². The lowest BCUT2D eigenvalue weighted by Gasteiger charge is -2.34. The van der Waals surface area contributed by atoms with Gasteiger partial charge in [0.05, 0.1) is 0 Å². The molecular weight excluding hydrogens is 350 g/mol. The summed E-state index contributed by atoms with van der Waals surface area (Å²) < 4.78 is 31.2. The Kier molecular flexibility index (Phi) is 5.06. The number of hydrogen-bond donors (Lipinski definition) is 0. The van der Waals surface area contributed by atoms with Crippen molar-refractivity contribution in [3.05, 3.63) is 48.3 Å². The Morgan fingerprint density at radius 1 is 1.00 bits per heavy atom. The molecule has 4 heterocycles. The number of hydrogen-bond acceptors (Lipinski definition) is 4. The number of imidazole rings is 1. The van der Waals surface area contributed by atoms with E-state index in [0.29, 0.717) is 26.2 Å². The highest BCUT2D eigenvalue weighted by Gasteiger charge is 2.36. The average molecular weight is 375 g/mol. The van der Waals surface area contributed by atoms with Crippen LogP contribution in [0.4, 0.5) is 0 Å². The third-order valence-electron chi connectivity index (χ3n) is 5.32. The maximum atomic E-state index is 12.9. The lowest BCUT2D eigenvalue weighted by atomic mass is 9.98. The summed E-state index contributed by atoms with van der Waals surface area (Å²) in [6.07, 6.45) is 11.1. The molecule has 0 aliphatic carbocycles. The first-order valence-corrected chi connectivity index (χ1v) is 10.7. The van der Waals surface area contributed by atoms with Crippen LogP contribution in [0.1, 0.15) is 43.0 Å². The predicted molar refractivity (Wildman–Crippen MR) is 98.8 cm³/mol. The Morgan fingerprint density at radius 2 is 1.73 bits per heavy atom. The molecule has 0 unspecified atom stereocenters. The van der Waals surface area contributed by atoms with Crippen LogP contribution in [0.5, 0.6) is 0 Å². The molecule has 2 fully saturated rings. The van der Waals surface area contributed by atoms with Crippen LogP contribution in [-0.2, 0) is 16.8 Å². The van der Waals surface area contributed by atoms with Gasteiger partial charge in [0, 0.05) is 63.4 Å². The Bertz CT molecular complexity index is 830. The fraction of sp³-hybridized carbons (Fsp3) is 0.556. The molecule has 0 amide bonds. The topological polar surface area (TPSA) is 71.3 Å². The molecule has 0 radical (unpaired) electrons. The molecule has 4 rings (SSSR count). The Labute approximate surface area is 154 Å². The van der Waals surface area contributed by atoms with Crippen molar-refractivity contribution in [1.29, 1.82) is 0 Å². The smallest absolute Gasteiger partial charge is 0.281 e. The molecule has 0 spiro atoms. The zero-order valence-corrected chi connectivity index (χ0v) is 15.7. The van der Waals surface area contributed by atoms with Gasteiger partial charge in [-0.25, -0.2) is 4.98 Å². The quantitative estimate of drug-likeness (QED) is 0.800. The highest BCUT2D eigenvalue weighted by atomic mass is 32.2. The third kappa shape index (κ3) is 3.54. The third-order valence-corrected chi connectivity index (χ3v) is 7.32. The molecule has 7 nitrogen and oxygen atoms in total. The van der Waals surface area contributed by atoms with Gasteiger partial charge in [-0.15, -0.1) is 0 Å². The van der Waals surface area contributed by atoms with E-state index in [9.17, 15) is 8.42 Å². The van der Waals surface area contributed by atoms with E-state index < -0.39 is 10.2 Å². The second-order valence-electron chi connectivity index (χ2n) is 7.08. The van der Waals surface area contributed by atoms with Crippen molar-refractivity contribution in [2.75, 3.05) is 26.2 Å². The van der Waals surface area contributed by atoms with Crippen molar-refractivity contribution in [2.45, 2.75) is 38.1 Å². The number of pyridine rings is 1. The lowest BCUT2D eigenvalue weighted by molar-refractivity contribution is 0.284. The van der Waals surface area contributed by atoms with Gasteiger partial charge in [-0.05, 0) is 43.4 Å². The van der Waals surface area contributed by atoms with E-state index in [4.69, 9.17) is 0 Å². The van der Waals surface area contributed by atoms with Crippen molar-refractivity contribution in [3.63, 3.8) is 0 Å². The van der Waals surface area contributed by atoms with Crippen molar-refractivity contribution in [3.8, 4) is 0 Å². The van der Waals surface area contributed by atoms with Crippen molar-refractivity contribution in [1.82, 2.24) is 23.1 Å². The standard InChI is InChI=1S/C18H25N5O2S/c24-26(25,22-10-1-2-11-22)23-12-3-4-17(15-23)18-20-9-13-21(18)14-16-5-7-19-8-6-16/h5-9,13,17H,1-4,10-12,14-15H2/t17-/m0/s1. The van der Waals surface area contributed by atoms with Gasteiger partial charge in [0.1, 0.15) is 5.82 Å². The minimum atomic E-state index is -3.34. The first-order chi connectivity index (χ1) is 12.6. The summed E-state index contributed by atoms with van der Waals surface area (Å²) in [5.41, 5.74) is 1.16. The summed E-state index contributed by atoms with van der Waals surface area (Å²) in [5.74, 6) is 1.11. The Hall–Kier alpha value is -1.77. The van der Waals surface area contributed by atoms with Crippen LogP contribution in [0.3, 0.4) is 0 Å². The van der Waals surface area contributed by atoms with Crippen LogP contribution in [0.2, 0.25) is 0 Å². The molecule has 1 atom stereocenters. The predicted octanol–water partition coefficient (Wildman–Crippen LogP) is 1.85. The fourth-order valence-electron chi connectivity index (χ4n) is 3.94. The van der Waals surface area contributed by atoms with Gasteiger partial charge in [0.2, 0.25) is 0 Å². The summed E-state index contributed by atoms with van der Waals surface area (Å²) in [5, 5.41) is 0. The van der Waals surface area contributed by atoms with Crippen molar-refractivity contribution in [2.24, 2.45) is 0 Å². The summed E-state index contributed by atoms with van der Waals surface area (Å²) in [6.45, 7) is 3.17. The summed E-state index contributed by atoms with van der Waals surface area (Å²) in [6, 6.07) is 3.99. The maximum absolute atomic E-state index is 12.9. The molecule has 2 aliphatic rings. The van der Waals surface area contributed by atoms with Crippen LogP contribution >= 0.6 is 0 Å². The van der Waals surface area contributed by atoms with E-state index >= 15 is 0 Å². The maximum Gasteiger partial charge on any atom is 0.281 e. The Balaban J connectivity index is 1.51. The normalized spacial score (nSPS) is 22.7. The molecule has 0 aromatic carbocycles. The van der Waals surface area contributed by atoms with Gasteiger partial charge in [0.15, 0.2) is 0 Å². The van der Waals surface area contributed by atoms with Gasteiger partial charge in [-0.2, -0.15) is 17.0 Å². The summed E-state index contributed by atoms with van der Waals surface area (Å²) in [7, 11) is -3.34. The molecule has 2 aromatic heterocycles. The molecule has 2 aliphatic heterocycles. The second kappa shape index (κ2) is 7.46. The van der Waals surface area contributed by atoms with Crippen LogP contribution in [0.25, 0.3) is 0 Å². The number of aromatic nitrogens is 3. The van der Waals surface area contributed by atoms with Gasteiger partial charge in [0.25, 0.3) is 10.2 Å². The van der Waals surface area contributed by atoms with Crippen LogP contribution in [0.15, 0.2) is 36.9 Å². The number of piperidine rings is 1. The molecule has 26 heavy (non-hydrogen) atoms. The van der Waals surface area contributed by atoms with E-state index in [2.05, 4.69) is 14.5 Å². The molecule has 8 heteroatoms.